The van der Waals surface area contributed by atoms with Crippen LogP contribution >= 0.6 is 0 Å². The Balaban J connectivity index is 1.68. The molecule has 0 amide bonds. The number of aromatic nitrogens is 4. The number of nitrogen functional groups attached to an aromatic ring is 1. The Kier molecular flexibility index (Phi) is 5.45. The second kappa shape index (κ2) is 8.13. The van der Waals surface area contributed by atoms with Crippen molar-refractivity contribution >= 4 is 28.8 Å². The average molecular weight is 390 g/mol. The number of aromatic amines is 1. The predicted octanol–water partition coefficient (Wildman–Crippen LogP) is 1.45. The number of nitrogens with zero attached hydrogens (tertiary/aromatic N) is 4. The van der Waals surface area contributed by atoms with Gasteiger partial charge < -0.3 is 29.7 Å². The van der Waals surface area contributed by atoms with Crippen molar-refractivity contribution in [3.63, 3.8) is 0 Å². The molecule has 0 aliphatic carbocycles. The maximum absolute atomic E-state index is 11.9. The van der Waals surface area contributed by atoms with Crippen molar-refractivity contribution in [1.82, 2.24) is 19.9 Å². The lowest BCUT2D eigenvalue weighted by molar-refractivity contribution is -0.384. The highest BCUT2D eigenvalue weighted by atomic mass is 16.7. The molecule has 146 valence electrons. The highest BCUT2D eigenvalue weighted by Gasteiger charge is 2.16. The van der Waals surface area contributed by atoms with Gasteiger partial charge in [0.2, 0.25) is 0 Å². The fourth-order valence-corrected chi connectivity index (χ4v) is 2.04. The third-order valence-electron chi connectivity index (χ3n) is 3.28. The number of carbonyl (C=O) groups is 1. The van der Waals surface area contributed by atoms with Gasteiger partial charge >= 0.3 is 18.2 Å². The normalized spacial score (nSPS) is 10.6. The summed E-state index contributed by atoms with van der Waals surface area (Å²) in [6.07, 6.45) is -1.11. The maximum Gasteiger partial charge on any atom is 0.521 e. The van der Waals surface area contributed by atoms with Crippen molar-refractivity contribution in [2.24, 2.45) is 0 Å². The Bertz CT molecular complexity index is 1000. The second-order valence-corrected chi connectivity index (χ2v) is 5.18. The van der Waals surface area contributed by atoms with E-state index in [2.05, 4.69) is 19.9 Å². The molecule has 0 saturated heterocycles. The largest absolute Gasteiger partial charge is 0.521 e. The zero-order chi connectivity index (χ0) is 20.1. The summed E-state index contributed by atoms with van der Waals surface area (Å²) >= 11 is 0. The van der Waals surface area contributed by atoms with Crippen LogP contribution in [0.5, 0.6) is 17.8 Å². The van der Waals surface area contributed by atoms with E-state index in [1.54, 1.807) is 0 Å². The summed E-state index contributed by atoms with van der Waals surface area (Å²) in [7, 11) is 1.52. The lowest BCUT2D eigenvalue weighted by Gasteiger charge is -2.03. The van der Waals surface area contributed by atoms with E-state index in [0.29, 0.717) is 6.61 Å². The molecule has 0 spiro atoms. The molecule has 0 bridgehead atoms. The van der Waals surface area contributed by atoms with Crippen LogP contribution < -0.4 is 19.9 Å². The van der Waals surface area contributed by atoms with Gasteiger partial charge in [-0.3, -0.25) is 10.1 Å². The van der Waals surface area contributed by atoms with Gasteiger partial charge in [-0.25, -0.2) is 4.79 Å². The van der Waals surface area contributed by atoms with Crippen LogP contribution in [0.15, 0.2) is 24.3 Å². The first-order valence-corrected chi connectivity index (χ1v) is 7.75. The summed E-state index contributed by atoms with van der Waals surface area (Å²) in [5, 5.41) is 10.6. The number of non-ortho nitro benzene ring substituents is 1. The molecule has 0 unspecified atom stereocenters. The number of anilines is 1. The number of hydrogen-bond acceptors (Lipinski definition) is 11. The zero-order valence-electron chi connectivity index (χ0n) is 14.4. The molecule has 0 saturated carbocycles. The van der Waals surface area contributed by atoms with E-state index >= 15 is 0 Å². The summed E-state index contributed by atoms with van der Waals surface area (Å²) < 4.78 is 20.0. The van der Waals surface area contributed by atoms with Gasteiger partial charge in [0, 0.05) is 19.2 Å². The van der Waals surface area contributed by atoms with E-state index in [1.807, 2.05) is 0 Å². The van der Waals surface area contributed by atoms with E-state index in [1.165, 1.54) is 31.4 Å². The molecule has 0 fully saturated rings. The molecule has 0 atom stereocenters. The molecule has 0 aliphatic rings. The summed E-state index contributed by atoms with van der Waals surface area (Å²) in [5.74, 6) is 0.100. The van der Waals surface area contributed by atoms with Crippen molar-refractivity contribution in [3.05, 3.63) is 34.4 Å². The van der Waals surface area contributed by atoms with Crippen molar-refractivity contribution in [3.8, 4) is 17.8 Å². The van der Waals surface area contributed by atoms with Crippen molar-refractivity contribution in [2.45, 2.75) is 0 Å². The molecule has 13 heteroatoms. The minimum absolute atomic E-state index is 0.00597. The Morgan fingerprint density at radius 2 is 1.93 bits per heavy atom. The number of imidazole rings is 1. The van der Waals surface area contributed by atoms with Crippen molar-refractivity contribution in [1.29, 1.82) is 0 Å². The topological polar surface area (TPSA) is 178 Å². The Labute approximate surface area is 156 Å². The molecule has 3 aromatic rings. The van der Waals surface area contributed by atoms with Crippen molar-refractivity contribution < 1.29 is 28.7 Å². The van der Waals surface area contributed by atoms with Gasteiger partial charge in [-0.1, -0.05) is 0 Å². The number of methoxy groups -OCH3 is 1. The first kappa shape index (κ1) is 18.8. The number of fused-ring (bicyclic) bond motifs is 1. The Morgan fingerprint density at radius 1 is 1.18 bits per heavy atom. The van der Waals surface area contributed by atoms with E-state index in [4.69, 9.17) is 24.7 Å². The molecule has 0 aliphatic heterocycles. The monoisotopic (exact) mass is 390 g/mol. The first-order chi connectivity index (χ1) is 13.5. The number of nitro groups is 1. The van der Waals surface area contributed by atoms with Crippen LogP contribution in [0.3, 0.4) is 0 Å². The number of rotatable bonds is 7. The highest BCUT2D eigenvalue weighted by Crippen LogP contribution is 2.22. The van der Waals surface area contributed by atoms with Gasteiger partial charge in [-0.2, -0.15) is 15.0 Å². The van der Waals surface area contributed by atoms with E-state index in [-0.39, 0.29) is 47.0 Å². The van der Waals surface area contributed by atoms with E-state index in [0.717, 1.165) is 0 Å². The van der Waals surface area contributed by atoms with Gasteiger partial charge in [-0.05, 0) is 12.1 Å². The molecule has 1 aromatic carbocycles. The fraction of sp³-hybridized carbons (Fsp3) is 0.200. The lowest BCUT2D eigenvalue weighted by atomic mass is 10.3. The van der Waals surface area contributed by atoms with Gasteiger partial charge in [0.15, 0.2) is 11.5 Å². The molecular formula is C15H14N6O7. The number of nitrogens with one attached hydrogen (secondary N) is 1. The predicted molar refractivity (Wildman–Crippen MR) is 93.2 cm³/mol. The highest BCUT2D eigenvalue weighted by molar-refractivity contribution is 5.82. The number of nitrogens with two attached hydrogens (primary N) is 1. The maximum atomic E-state index is 11.9. The zero-order valence-corrected chi connectivity index (χ0v) is 14.4. The van der Waals surface area contributed by atoms with Crippen LogP contribution in [-0.4, -0.2) is 51.3 Å². The number of H-pyrrole nitrogens is 1. The molecule has 3 rings (SSSR count). The lowest BCUT2D eigenvalue weighted by Crippen LogP contribution is -2.14. The van der Waals surface area contributed by atoms with E-state index in [9.17, 15) is 14.9 Å². The van der Waals surface area contributed by atoms with Crippen LogP contribution in [0.25, 0.3) is 11.2 Å². The van der Waals surface area contributed by atoms with Crippen LogP contribution in [0, 0.1) is 10.1 Å². The van der Waals surface area contributed by atoms with Crippen LogP contribution in [0.1, 0.15) is 0 Å². The van der Waals surface area contributed by atoms with Gasteiger partial charge in [-0.15, -0.1) is 0 Å². The van der Waals surface area contributed by atoms with Gasteiger partial charge in [0.1, 0.15) is 17.9 Å². The number of nitro benzene ring substituents is 1. The summed E-state index contributed by atoms with van der Waals surface area (Å²) in [4.78, 5) is 36.5. The average Bonchev–Trinajstić information content (AvgIpc) is 3.05. The third kappa shape index (κ3) is 4.39. The fourth-order valence-electron chi connectivity index (χ4n) is 2.04. The first-order valence-electron chi connectivity index (χ1n) is 7.75. The Morgan fingerprint density at radius 3 is 2.61 bits per heavy atom. The standard InChI is InChI=1S/C15H14N6O7/c1-25-6-7-26-13-18-11(16)10-12(19-13)20-14(17-10)28-15(22)27-9-4-2-8(3-5-9)21(23)24/h2-5H,6-7H2,1H3,(H3,16,17,18,19,20). The molecule has 13 nitrogen and oxygen atoms in total. The smallest absolute Gasteiger partial charge is 0.461 e. The second-order valence-electron chi connectivity index (χ2n) is 5.18. The number of carbonyl (C=O) groups excluding carboxylic acids is 1. The number of ether oxygens (including phenoxy) is 4. The van der Waals surface area contributed by atoms with Gasteiger partial charge in [0.05, 0.1) is 11.5 Å². The molecular weight excluding hydrogens is 376 g/mol. The van der Waals surface area contributed by atoms with Gasteiger partial charge in [0.25, 0.3) is 5.69 Å². The summed E-state index contributed by atoms with van der Waals surface area (Å²) in [6, 6.07) is 4.65. The SMILES string of the molecule is COCCOc1nc(N)c2[nH]c(OC(=O)Oc3ccc([N+](=O)[O-])cc3)nc2n1. The molecule has 2 heterocycles. The Hall–Kier alpha value is -4.00. The van der Waals surface area contributed by atoms with E-state index < -0.39 is 11.1 Å². The van der Waals surface area contributed by atoms with Crippen LogP contribution in [-0.2, 0) is 4.74 Å². The number of hydrogen-bond donors (Lipinski definition) is 2. The minimum atomic E-state index is -1.11. The third-order valence-corrected chi connectivity index (χ3v) is 3.28. The quantitative estimate of drug-likeness (QED) is 0.196. The molecule has 3 N–H and O–H groups in total. The molecule has 28 heavy (non-hydrogen) atoms. The molecule has 2 aromatic heterocycles. The minimum Gasteiger partial charge on any atom is -0.461 e. The summed E-state index contributed by atoms with van der Waals surface area (Å²) in [5.41, 5.74) is 6.03. The van der Waals surface area contributed by atoms with Crippen LogP contribution in [0.4, 0.5) is 16.3 Å². The summed E-state index contributed by atoms with van der Waals surface area (Å²) in [6.45, 7) is 0.557. The number of benzene rings is 1. The van der Waals surface area contributed by atoms with Crippen molar-refractivity contribution in [2.75, 3.05) is 26.1 Å². The van der Waals surface area contributed by atoms with Crippen LogP contribution in [0.2, 0.25) is 0 Å². The molecule has 0 radical (unpaired) electrons.